The monoisotopic (exact) mass is 442 g/mol. The van der Waals surface area contributed by atoms with E-state index in [1.165, 1.54) is 0 Å². The van der Waals surface area contributed by atoms with Gasteiger partial charge in [-0.2, -0.15) is 0 Å². The lowest BCUT2D eigenvalue weighted by molar-refractivity contribution is -0.136. The van der Waals surface area contributed by atoms with Crippen LogP contribution in [0.3, 0.4) is 0 Å². The van der Waals surface area contributed by atoms with E-state index < -0.39 is 29.7 Å². The highest BCUT2D eigenvalue weighted by molar-refractivity contribution is 6.23. The quantitative estimate of drug-likeness (QED) is 0.335. The Balaban J connectivity index is 1.43. The van der Waals surface area contributed by atoms with Crippen LogP contribution in [0, 0.1) is 0 Å². The standard InChI is InChI=1S/C23H30N4O5/c24-19(28)8-6-4-2-1-3-5-7-13-25-15-9-10-16-17(14-15)23(32)27(22(16)31)18-11-12-20(29)26-21(18)30/h9-10,14,18,25H,1-8,11-13H2,(H2,24,28)(H,26,29,30). The van der Waals surface area contributed by atoms with Crippen molar-refractivity contribution in [2.45, 2.75) is 70.3 Å². The number of hydrogen-bond donors (Lipinski definition) is 3. The summed E-state index contributed by atoms with van der Waals surface area (Å²) in [6.07, 6.45) is 8.00. The molecule has 1 unspecified atom stereocenters. The predicted molar refractivity (Wildman–Crippen MR) is 118 cm³/mol. The van der Waals surface area contributed by atoms with Crippen molar-refractivity contribution in [1.82, 2.24) is 10.2 Å². The normalized spacial score (nSPS) is 18.0. The third-order valence-electron chi connectivity index (χ3n) is 5.87. The van der Waals surface area contributed by atoms with Gasteiger partial charge in [0.05, 0.1) is 11.1 Å². The van der Waals surface area contributed by atoms with Gasteiger partial charge in [0, 0.05) is 25.1 Å². The van der Waals surface area contributed by atoms with Gasteiger partial charge >= 0.3 is 0 Å². The summed E-state index contributed by atoms with van der Waals surface area (Å²) in [4.78, 5) is 60.7. The Bertz CT molecular complexity index is 914. The summed E-state index contributed by atoms with van der Waals surface area (Å²) in [6, 6.07) is 4.07. The number of piperidine rings is 1. The van der Waals surface area contributed by atoms with E-state index >= 15 is 0 Å². The van der Waals surface area contributed by atoms with Crippen molar-refractivity contribution in [1.29, 1.82) is 0 Å². The molecule has 1 saturated heterocycles. The second kappa shape index (κ2) is 10.9. The minimum absolute atomic E-state index is 0.101. The summed E-state index contributed by atoms with van der Waals surface area (Å²) < 4.78 is 0. The first kappa shape index (κ1) is 23.4. The van der Waals surface area contributed by atoms with Crippen LogP contribution in [0.15, 0.2) is 18.2 Å². The zero-order valence-corrected chi connectivity index (χ0v) is 18.2. The number of nitrogens with one attached hydrogen (secondary N) is 2. The lowest BCUT2D eigenvalue weighted by Gasteiger charge is -2.27. The number of nitrogens with zero attached hydrogens (tertiary/aromatic N) is 1. The number of anilines is 1. The maximum Gasteiger partial charge on any atom is 0.262 e. The number of hydrogen-bond acceptors (Lipinski definition) is 6. The average molecular weight is 443 g/mol. The number of benzene rings is 1. The molecule has 2 aliphatic rings. The molecule has 1 fully saturated rings. The maximum atomic E-state index is 12.8. The summed E-state index contributed by atoms with van der Waals surface area (Å²) in [5.41, 5.74) is 6.43. The largest absolute Gasteiger partial charge is 0.385 e. The van der Waals surface area contributed by atoms with Crippen LogP contribution in [0.25, 0.3) is 0 Å². The minimum Gasteiger partial charge on any atom is -0.385 e. The molecule has 2 aliphatic heterocycles. The van der Waals surface area contributed by atoms with Crippen LogP contribution in [0.5, 0.6) is 0 Å². The van der Waals surface area contributed by atoms with Crippen LogP contribution in [0.1, 0.15) is 84.9 Å². The van der Waals surface area contributed by atoms with E-state index in [0.717, 1.165) is 62.1 Å². The van der Waals surface area contributed by atoms with Gasteiger partial charge in [0.1, 0.15) is 6.04 Å². The zero-order valence-electron chi connectivity index (χ0n) is 18.2. The Hall–Kier alpha value is -3.23. The molecule has 1 atom stereocenters. The molecule has 0 aliphatic carbocycles. The van der Waals surface area contributed by atoms with Crippen LogP contribution in [-0.2, 0) is 14.4 Å². The van der Waals surface area contributed by atoms with Crippen molar-refractivity contribution in [3.63, 3.8) is 0 Å². The van der Waals surface area contributed by atoms with Crippen molar-refractivity contribution < 1.29 is 24.0 Å². The molecular formula is C23H30N4O5. The summed E-state index contributed by atoms with van der Waals surface area (Å²) in [5.74, 6) is -2.24. The van der Waals surface area contributed by atoms with E-state index in [-0.39, 0.29) is 29.9 Å². The Morgan fingerprint density at radius 3 is 2.31 bits per heavy atom. The summed E-state index contributed by atoms with van der Waals surface area (Å²) in [6.45, 7) is 0.749. The maximum absolute atomic E-state index is 12.8. The second-order valence-electron chi connectivity index (χ2n) is 8.33. The molecule has 4 N–H and O–H groups in total. The van der Waals surface area contributed by atoms with E-state index in [4.69, 9.17) is 5.73 Å². The highest BCUT2D eigenvalue weighted by Gasteiger charge is 2.44. The summed E-state index contributed by atoms with van der Waals surface area (Å²) in [5, 5.41) is 5.48. The zero-order chi connectivity index (χ0) is 23.1. The molecule has 0 bridgehead atoms. The minimum atomic E-state index is -0.952. The topological polar surface area (TPSA) is 139 Å². The highest BCUT2D eigenvalue weighted by atomic mass is 16.2. The van der Waals surface area contributed by atoms with Gasteiger partial charge in [-0.15, -0.1) is 0 Å². The van der Waals surface area contributed by atoms with Crippen LogP contribution >= 0.6 is 0 Å². The summed E-state index contributed by atoms with van der Waals surface area (Å²) >= 11 is 0. The van der Waals surface area contributed by atoms with E-state index in [2.05, 4.69) is 10.6 Å². The molecule has 0 saturated carbocycles. The van der Waals surface area contributed by atoms with Crippen molar-refractivity contribution in [2.75, 3.05) is 11.9 Å². The third-order valence-corrected chi connectivity index (χ3v) is 5.87. The number of fused-ring (bicyclic) bond motifs is 1. The molecule has 32 heavy (non-hydrogen) atoms. The Morgan fingerprint density at radius 1 is 0.969 bits per heavy atom. The molecule has 0 spiro atoms. The third kappa shape index (κ3) is 5.72. The molecule has 172 valence electrons. The van der Waals surface area contributed by atoms with Crippen molar-refractivity contribution in [3.05, 3.63) is 29.3 Å². The molecular weight excluding hydrogens is 412 g/mol. The Labute approximate surface area is 187 Å². The first-order chi connectivity index (χ1) is 15.4. The Morgan fingerprint density at radius 2 is 1.62 bits per heavy atom. The fraction of sp³-hybridized carbons (Fsp3) is 0.522. The van der Waals surface area contributed by atoms with Crippen LogP contribution in [0.4, 0.5) is 5.69 Å². The smallest absolute Gasteiger partial charge is 0.262 e. The van der Waals surface area contributed by atoms with E-state index in [1.54, 1.807) is 18.2 Å². The van der Waals surface area contributed by atoms with Crippen molar-refractivity contribution >= 4 is 35.2 Å². The van der Waals surface area contributed by atoms with Crippen LogP contribution in [-0.4, -0.2) is 47.0 Å². The van der Waals surface area contributed by atoms with Gasteiger partial charge in [-0.25, -0.2) is 0 Å². The van der Waals surface area contributed by atoms with Gasteiger partial charge in [-0.05, 0) is 37.5 Å². The fourth-order valence-corrected chi connectivity index (χ4v) is 4.12. The number of primary amides is 1. The molecule has 0 aromatic heterocycles. The molecule has 9 nitrogen and oxygen atoms in total. The fourth-order valence-electron chi connectivity index (χ4n) is 4.12. The van der Waals surface area contributed by atoms with Gasteiger partial charge < -0.3 is 11.1 Å². The molecule has 3 rings (SSSR count). The number of carbonyl (C=O) groups is 5. The Kier molecular flexibility index (Phi) is 7.97. The number of rotatable bonds is 12. The molecule has 1 aromatic carbocycles. The summed E-state index contributed by atoms with van der Waals surface area (Å²) in [7, 11) is 0. The van der Waals surface area contributed by atoms with Crippen molar-refractivity contribution in [3.8, 4) is 0 Å². The number of nitrogens with two attached hydrogens (primary N) is 1. The predicted octanol–water partition coefficient (Wildman–Crippen LogP) is 2.11. The molecule has 0 radical (unpaired) electrons. The van der Waals surface area contributed by atoms with Gasteiger partial charge in [-0.3, -0.25) is 34.2 Å². The molecule has 9 heteroatoms. The van der Waals surface area contributed by atoms with Gasteiger partial charge in [0.2, 0.25) is 17.7 Å². The van der Waals surface area contributed by atoms with Gasteiger partial charge in [0.15, 0.2) is 0 Å². The molecule has 5 amide bonds. The SMILES string of the molecule is NC(=O)CCCCCCCCCNc1ccc2c(c1)C(=O)N(C1CCC(=O)NC1=O)C2=O. The number of unbranched alkanes of at least 4 members (excludes halogenated alkanes) is 6. The number of amides is 5. The van der Waals surface area contributed by atoms with Crippen LogP contribution < -0.4 is 16.4 Å². The van der Waals surface area contributed by atoms with E-state index in [1.807, 2.05) is 0 Å². The molecule has 1 aromatic rings. The lowest BCUT2D eigenvalue weighted by Crippen LogP contribution is -2.54. The highest BCUT2D eigenvalue weighted by Crippen LogP contribution is 2.29. The van der Waals surface area contributed by atoms with Gasteiger partial charge in [0.25, 0.3) is 11.8 Å². The van der Waals surface area contributed by atoms with E-state index in [9.17, 15) is 24.0 Å². The van der Waals surface area contributed by atoms with E-state index in [0.29, 0.717) is 6.42 Å². The molecule has 2 heterocycles. The van der Waals surface area contributed by atoms with Gasteiger partial charge in [-0.1, -0.05) is 32.1 Å². The first-order valence-electron chi connectivity index (χ1n) is 11.3. The number of carbonyl (C=O) groups excluding carboxylic acids is 5. The lowest BCUT2D eigenvalue weighted by atomic mass is 10.0. The first-order valence-corrected chi connectivity index (χ1v) is 11.3. The van der Waals surface area contributed by atoms with Crippen molar-refractivity contribution in [2.24, 2.45) is 5.73 Å². The van der Waals surface area contributed by atoms with Crippen LogP contribution in [0.2, 0.25) is 0 Å². The second-order valence-corrected chi connectivity index (χ2v) is 8.33. The number of imide groups is 2. The average Bonchev–Trinajstić information content (AvgIpc) is 2.99.